The van der Waals surface area contributed by atoms with E-state index in [1.807, 2.05) is 0 Å². The molecule has 0 aromatic heterocycles. The quantitative estimate of drug-likeness (QED) is 0.659. The van der Waals surface area contributed by atoms with Gasteiger partial charge in [-0.15, -0.1) is 0 Å². The predicted molar refractivity (Wildman–Crippen MR) is 68.5 cm³/mol. The topological polar surface area (TPSA) is 47.3 Å². The van der Waals surface area contributed by atoms with Gasteiger partial charge < -0.3 is 4.74 Å². The fourth-order valence-corrected chi connectivity index (χ4v) is 1.93. The molecule has 0 saturated carbocycles. The van der Waals surface area contributed by atoms with Crippen LogP contribution in [0.3, 0.4) is 0 Å². The number of benzene rings is 2. The van der Waals surface area contributed by atoms with Crippen molar-refractivity contribution >= 4 is 0 Å². The molecule has 1 atom stereocenters. The van der Waals surface area contributed by atoms with Crippen LogP contribution in [0.15, 0.2) is 42.5 Å². The summed E-state index contributed by atoms with van der Waals surface area (Å²) in [5.41, 5.74) is 3.53. The highest BCUT2D eigenvalue weighted by Crippen LogP contribution is 2.27. The van der Waals surface area contributed by atoms with E-state index in [9.17, 15) is 8.78 Å². The van der Waals surface area contributed by atoms with E-state index in [-0.39, 0.29) is 11.6 Å². The number of methoxy groups -OCH3 is 1. The van der Waals surface area contributed by atoms with Crippen molar-refractivity contribution in [1.29, 1.82) is 0 Å². The summed E-state index contributed by atoms with van der Waals surface area (Å²) in [7, 11) is 1.37. The molecule has 3 nitrogen and oxygen atoms in total. The van der Waals surface area contributed by atoms with E-state index >= 15 is 0 Å². The van der Waals surface area contributed by atoms with Gasteiger partial charge in [-0.05, 0) is 23.8 Å². The average molecular weight is 264 g/mol. The van der Waals surface area contributed by atoms with Crippen LogP contribution in [-0.4, -0.2) is 7.11 Å². The number of nitrogens with one attached hydrogen (secondary N) is 1. The number of hydrogen-bond donors (Lipinski definition) is 2. The molecule has 19 heavy (non-hydrogen) atoms. The summed E-state index contributed by atoms with van der Waals surface area (Å²) in [6, 6.07) is 9.99. The maximum absolute atomic E-state index is 13.8. The van der Waals surface area contributed by atoms with Gasteiger partial charge in [-0.1, -0.05) is 24.3 Å². The molecule has 0 aliphatic carbocycles. The van der Waals surface area contributed by atoms with Crippen molar-refractivity contribution in [2.75, 3.05) is 7.11 Å². The van der Waals surface area contributed by atoms with Crippen LogP contribution in [0.5, 0.6) is 5.75 Å². The minimum absolute atomic E-state index is 0.0917. The van der Waals surface area contributed by atoms with Crippen molar-refractivity contribution in [3.05, 3.63) is 65.2 Å². The molecule has 0 heterocycles. The second kappa shape index (κ2) is 5.77. The lowest BCUT2D eigenvalue weighted by atomic mass is 9.98. The summed E-state index contributed by atoms with van der Waals surface area (Å²) >= 11 is 0. The van der Waals surface area contributed by atoms with Gasteiger partial charge >= 0.3 is 0 Å². The van der Waals surface area contributed by atoms with Gasteiger partial charge in [0.05, 0.1) is 13.2 Å². The lowest BCUT2D eigenvalue weighted by Crippen LogP contribution is -2.29. The zero-order valence-corrected chi connectivity index (χ0v) is 10.4. The van der Waals surface area contributed by atoms with Gasteiger partial charge in [0.2, 0.25) is 0 Å². The van der Waals surface area contributed by atoms with Crippen molar-refractivity contribution in [2.45, 2.75) is 6.04 Å². The summed E-state index contributed by atoms with van der Waals surface area (Å²) < 4.78 is 32.1. The Morgan fingerprint density at radius 3 is 2.47 bits per heavy atom. The van der Waals surface area contributed by atoms with E-state index in [0.717, 1.165) is 0 Å². The molecule has 0 fully saturated rings. The predicted octanol–water partition coefficient (Wildman–Crippen LogP) is 2.53. The Labute approximate surface area is 110 Å². The van der Waals surface area contributed by atoms with Gasteiger partial charge in [-0.3, -0.25) is 5.84 Å². The molecular weight excluding hydrogens is 250 g/mol. The highest BCUT2D eigenvalue weighted by Gasteiger charge is 2.17. The van der Waals surface area contributed by atoms with Crippen LogP contribution >= 0.6 is 0 Å². The van der Waals surface area contributed by atoms with Gasteiger partial charge in [-0.25, -0.2) is 14.2 Å². The SMILES string of the molecule is COc1cc(C(NN)c2ccccc2F)ccc1F. The first kappa shape index (κ1) is 13.5. The molecule has 1 unspecified atom stereocenters. The number of halogens is 2. The van der Waals surface area contributed by atoms with E-state index in [2.05, 4.69) is 5.43 Å². The van der Waals surface area contributed by atoms with Crippen LogP contribution in [0.1, 0.15) is 17.2 Å². The zero-order chi connectivity index (χ0) is 13.8. The lowest BCUT2D eigenvalue weighted by Gasteiger charge is -2.18. The third-order valence-corrected chi connectivity index (χ3v) is 2.89. The molecule has 0 amide bonds. The Bertz CT molecular complexity index is 575. The van der Waals surface area contributed by atoms with Crippen molar-refractivity contribution in [2.24, 2.45) is 5.84 Å². The normalized spacial score (nSPS) is 12.2. The molecule has 0 radical (unpaired) electrons. The smallest absolute Gasteiger partial charge is 0.165 e. The van der Waals surface area contributed by atoms with Gasteiger partial charge in [-0.2, -0.15) is 0 Å². The molecule has 2 rings (SSSR count). The van der Waals surface area contributed by atoms with Crippen LogP contribution in [0.4, 0.5) is 8.78 Å². The molecule has 0 spiro atoms. The summed E-state index contributed by atoms with van der Waals surface area (Å²) in [6.07, 6.45) is 0. The summed E-state index contributed by atoms with van der Waals surface area (Å²) in [5.74, 6) is 4.72. The number of hydrazine groups is 1. The number of rotatable bonds is 4. The molecule has 3 N–H and O–H groups in total. The molecule has 100 valence electrons. The number of hydrogen-bond acceptors (Lipinski definition) is 3. The first-order chi connectivity index (χ1) is 9.17. The summed E-state index contributed by atoms with van der Waals surface area (Å²) in [6.45, 7) is 0. The van der Waals surface area contributed by atoms with E-state index in [1.165, 1.54) is 31.4 Å². The Hall–Kier alpha value is -1.98. The van der Waals surface area contributed by atoms with E-state index in [0.29, 0.717) is 11.1 Å². The minimum atomic E-state index is -0.573. The third-order valence-electron chi connectivity index (χ3n) is 2.89. The van der Waals surface area contributed by atoms with Crippen LogP contribution in [0.25, 0.3) is 0 Å². The highest BCUT2D eigenvalue weighted by atomic mass is 19.1. The fourth-order valence-electron chi connectivity index (χ4n) is 1.93. The van der Waals surface area contributed by atoms with Gasteiger partial charge in [0.15, 0.2) is 11.6 Å². The van der Waals surface area contributed by atoms with Crippen molar-refractivity contribution in [3.63, 3.8) is 0 Å². The summed E-state index contributed by atoms with van der Waals surface area (Å²) in [5, 5.41) is 0. The van der Waals surface area contributed by atoms with Crippen LogP contribution in [-0.2, 0) is 0 Å². The van der Waals surface area contributed by atoms with Crippen LogP contribution < -0.4 is 16.0 Å². The van der Waals surface area contributed by atoms with E-state index in [1.54, 1.807) is 18.2 Å². The van der Waals surface area contributed by atoms with Gasteiger partial charge in [0.25, 0.3) is 0 Å². The molecule has 2 aromatic carbocycles. The first-order valence-electron chi connectivity index (χ1n) is 5.71. The van der Waals surface area contributed by atoms with Crippen molar-refractivity contribution < 1.29 is 13.5 Å². The highest BCUT2D eigenvalue weighted by molar-refractivity contribution is 5.37. The van der Waals surface area contributed by atoms with Crippen molar-refractivity contribution in [1.82, 2.24) is 5.43 Å². The Kier molecular flexibility index (Phi) is 4.09. The van der Waals surface area contributed by atoms with Gasteiger partial charge in [0.1, 0.15) is 5.82 Å². The van der Waals surface area contributed by atoms with Gasteiger partial charge in [0, 0.05) is 5.56 Å². The molecular formula is C14H14F2N2O. The minimum Gasteiger partial charge on any atom is -0.494 e. The fraction of sp³-hybridized carbons (Fsp3) is 0.143. The van der Waals surface area contributed by atoms with E-state index < -0.39 is 11.9 Å². The molecule has 0 aliphatic rings. The molecule has 0 aliphatic heterocycles. The maximum Gasteiger partial charge on any atom is 0.165 e. The monoisotopic (exact) mass is 264 g/mol. The van der Waals surface area contributed by atoms with Crippen LogP contribution in [0.2, 0.25) is 0 Å². The third kappa shape index (κ3) is 2.72. The van der Waals surface area contributed by atoms with E-state index in [4.69, 9.17) is 10.6 Å². The largest absolute Gasteiger partial charge is 0.494 e. The second-order valence-electron chi connectivity index (χ2n) is 4.02. The van der Waals surface area contributed by atoms with Crippen molar-refractivity contribution in [3.8, 4) is 5.75 Å². The Morgan fingerprint density at radius 1 is 1.11 bits per heavy atom. The molecule has 5 heteroatoms. The Morgan fingerprint density at radius 2 is 1.84 bits per heavy atom. The first-order valence-corrected chi connectivity index (χ1v) is 5.71. The average Bonchev–Trinajstić information content (AvgIpc) is 2.43. The number of ether oxygens (including phenoxy) is 1. The summed E-state index contributed by atoms with van der Waals surface area (Å²) in [4.78, 5) is 0. The maximum atomic E-state index is 13.8. The van der Waals surface area contributed by atoms with Crippen LogP contribution in [0, 0.1) is 11.6 Å². The standard InChI is InChI=1S/C14H14F2N2O/c1-19-13-8-9(6-7-12(13)16)14(18-17)10-4-2-3-5-11(10)15/h2-8,14,18H,17H2,1H3. The molecule has 2 aromatic rings. The number of nitrogens with two attached hydrogens (primary N) is 1. The second-order valence-corrected chi connectivity index (χ2v) is 4.02. The lowest BCUT2D eigenvalue weighted by molar-refractivity contribution is 0.385. The zero-order valence-electron chi connectivity index (χ0n) is 10.4. The Balaban J connectivity index is 2.45. The molecule has 0 saturated heterocycles. The molecule has 0 bridgehead atoms.